The Morgan fingerprint density at radius 2 is 2.10 bits per heavy atom. The molecule has 0 aliphatic heterocycles. The van der Waals surface area contributed by atoms with Gasteiger partial charge in [-0.3, -0.25) is 4.79 Å². The predicted octanol–water partition coefficient (Wildman–Crippen LogP) is 2.08. The summed E-state index contributed by atoms with van der Waals surface area (Å²) in [6.45, 7) is 2.16. The summed E-state index contributed by atoms with van der Waals surface area (Å²) in [5.41, 5.74) is 2.05. The van der Waals surface area contributed by atoms with E-state index in [4.69, 9.17) is 5.11 Å². The number of rotatable bonds is 3. The van der Waals surface area contributed by atoms with Crippen LogP contribution >= 0.6 is 0 Å². The van der Waals surface area contributed by atoms with Crippen LogP contribution in [0.2, 0.25) is 0 Å². The minimum atomic E-state index is -0.371. The third kappa shape index (κ3) is 3.80. The van der Waals surface area contributed by atoms with Crippen LogP contribution in [0.5, 0.6) is 0 Å². The number of aryl methyl sites for hydroxylation is 1. The average Bonchev–Trinajstić information content (AvgIpc) is 2.45. The van der Waals surface area contributed by atoms with Crippen LogP contribution < -0.4 is 5.56 Å². The van der Waals surface area contributed by atoms with Gasteiger partial charge in [0.2, 0.25) is 0 Å². The predicted molar refractivity (Wildman–Crippen MR) is 79.5 cm³/mol. The lowest BCUT2D eigenvalue weighted by Crippen LogP contribution is -2.21. The van der Waals surface area contributed by atoms with Crippen molar-refractivity contribution in [1.29, 1.82) is 0 Å². The second-order valence-corrected chi connectivity index (χ2v) is 4.67. The highest BCUT2D eigenvalue weighted by Gasteiger charge is 2.06. The SMILES string of the molecule is Cc1cccc(=O)n1Cc1ccc(F)cc1C#CCCO. The molecule has 0 unspecified atom stereocenters. The third-order valence-corrected chi connectivity index (χ3v) is 3.13. The summed E-state index contributed by atoms with van der Waals surface area (Å²) < 4.78 is 15.0. The molecule has 1 N–H and O–H groups in total. The Labute approximate surface area is 122 Å². The molecule has 0 spiro atoms. The van der Waals surface area contributed by atoms with E-state index in [1.165, 1.54) is 18.2 Å². The first kappa shape index (κ1) is 15.0. The minimum absolute atomic E-state index is 0.0328. The lowest BCUT2D eigenvalue weighted by molar-refractivity contribution is 0.305. The first-order chi connectivity index (χ1) is 10.1. The van der Waals surface area contributed by atoms with Gasteiger partial charge in [-0.2, -0.15) is 0 Å². The summed E-state index contributed by atoms with van der Waals surface area (Å²) in [6.07, 6.45) is 0.334. The molecule has 0 saturated heterocycles. The van der Waals surface area contributed by atoms with Crippen molar-refractivity contribution in [2.24, 2.45) is 0 Å². The van der Waals surface area contributed by atoms with Gasteiger partial charge in [-0.05, 0) is 30.7 Å². The Morgan fingerprint density at radius 1 is 1.29 bits per heavy atom. The molecule has 0 aliphatic carbocycles. The smallest absolute Gasteiger partial charge is 0.251 e. The summed E-state index contributed by atoms with van der Waals surface area (Å²) >= 11 is 0. The third-order valence-electron chi connectivity index (χ3n) is 3.13. The molecule has 0 aliphatic rings. The van der Waals surface area contributed by atoms with Crippen molar-refractivity contribution in [2.75, 3.05) is 6.61 Å². The van der Waals surface area contributed by atoms with Gasteiger partial charge in [-0.15, -0.1) is 0 Å². The Morgan fingerprint density at radius 3 is 2.81 bits per heavy atom. The maximum absolute atomic E-state index is 13.4. The first-order valence-corrected chi connectivity index (χ1v) is 6.66. The molecule has 0 amide bonds. The molecule has 0 saturated carbocycles. The van der Waals surface area contributed by atoms with Crippen LogP contribution in [0.1, 0.15) is 23.2 Å². The number of hydrogen-bond donors (Lipinski definition) is 1. The highest BCUT2D eigenvalue weighted by atomic mass is 19.1. The van der Waals surface area contributed by atoms with Crippen molar-refractivity contribution in [3.05, 3.63) is 69.4 Å². The molecular formula is C17H16FNO2. The molecule has 0 radical (unpaired) electrons. The number of pyridine rings is 1. The zero-order valence-corrected chi connectivity index (χ0v) is 11.8. The topological polar surface area (TPSA) is 42.2 Å². The molecule has 3 nitrogen and oxygen atoms in total. The van der Waals surface area contributed by atoms with Crippen molar-refractivity contribution < 1.29 is 9.50 Å². The second-order valence-electron chi connectivity index (χ2n) is 4.67. The summed E-state index contributed by atoms with van der Waals surface area (Å²) in [4.78, 5) is 11.9. The second kappa shape index (κ2) is 6.87. The highest BCUT2D eigenvalue weighted by Crippen LogP contribution is 2.12. The summed E-state index contributed by atoms with van der Waals surface area (Å²) in [7, 11) is 0. The Kier molecular flexibility index (Phi) is 4.91. The van der Waals surface area contributed by atoms with E-state index in [-0.39, 0.29) is 18.0 Å². The molecule has 2 aromatic rings. The molecule has 0 fully saturated rings. The largest absolute Gasteiger partial charge is 0.395 e. The number of hydrogen-bond acceptors (Lipinski definition) is 2. The van der Waals surface area contributed by atoms with Gasteiger partial charge in [-0.25, -0.2) is 4.39 Å². The van der Waals surface area contributed by atoms with Crippen LogP contribution in [-0.4, -0.2) is 16.3 Å². The van der Waals surface area contributed by atoms with Crippen molar-refractivity contribution in [3.8, 4) is 11.8 Å². The first-order valence-electron chi connectivity index (χ1n) is 6.66. The number of benzene rings is 1. The number of aliphatic hydroxyl groups is 1. The minimum Gasteiger partial charge on any atom is -0.395 e. The average molecular weight is 285 g/mol. The van der Waals surface area contributed by atoms with Gasteiger partial charge in [0, 0.05) is 23.7 Å². The van der Waals surface area contributed by atoms with Crippen molar-refractivity contribution >= 4 is 0 Å². The molecule has 2 rings (SSSR count). The van der Waals surface area contributed by atoms with E-state index >= 15 is 0 Å². The van der Waals surface area contributed by atoms with Gasteiger partial charge in [-0.1, -0.05) is 24.0 Å². The van der Waals surface area contributed by atoms with Crippen LogP contribution in [0.4, 0.5) is 4.39 Å². The molecule has 21 heavy (non-hydrogen) atoms. The van der Waals surface area contributed by atoms with Gasteiger partial charge in [0.15, 0.2) is 0 Å². The highest BCUT2D eigenvalue weighted by molar-refractivity contribution is 5.42. The van der Waals surface area contributed by atoms with Crippen molar-refractivity contribution in [2.45, 2.75) is 19.9 Å². The van der Waals surface area contributed by atoms with Crippen molar-refractivity contribution in [1.82, 2.24) is 4.57 Å². The molecule has 4 heteroatoms. The molecular weight excluding hydrogens is 269 g/mol. The molecule has 0 bridgehead atoms. The Hall–Kier alpha value is -2.38. The fourth-order valence-corrected chi connectivity index (χ4v) is 2.01. The standard InChI is InChI=1S/C17H16FNO2/c1-13-5-4-7-17(21)19(13)12-15-8-9-16(18)11-14(15)6-2-3-10-20/h4-5,7-9,11,20H,3,10,12H2,1H3. The molecule has 1 aromatic carbocycles. The Balaban J connectivity index is 2.41. The van der Waals surface area contributed by atoms with Crippen LogP contribution in [0.15, 0.2) is 41.2 Å². The van der Waals surface area contributed by atoms with Crippen LogP contribution in [0.3, 0.4) is 0 Å². The monoisotopic (exact) mass is 285 g/mol. The van der Waals surface area contributed by atoms with E-state index in [9.17, 15) is 9.18 Å². The summed E-state index contributed by atoms with van der Waals surface area (Å²) in [5.74, 6) is 5.26. The fourth-order valence-electron chi connectivity index (χ4n) is 2.01. The Bertz CT molecular complexity index is 753. The zero-order chi connectivity index (χ0) is 15.2. The molecule has 1 aromatic heterocycles. The van der Waals surface area contributed by atoms with E-state index in [1.807, 2.05) is 13.0 Å². The van der Waals surface area contributed by atoms with Gasteiger partial charge in [0.05, 0.1) is 13.2 Å². The number of halogens is 1. The van der Waals surface area contributed by atoms with Crippen molar-refractivity contribution in [3.63, 3.8) is 0 Å². The molecule has 0 atom stereocenters. The quantitative estimate of drug-likeness (QED) is 0.877. The number of nitrogens with zero attached hydrogens (tertiary/aromatic N) is 1. The van der Waals surface area contributed by atoms with Crippen LogP contribution in [0, 0.1) is 24.6 Å². The van der Waals surface area contributed by atoms with E-state index in [0.717, 1.165) is 11.3 Å². The van der Waals surface area contributed by atoms with Crippen LogP contribution in [0.25, 0.3) is 0 Å². The van der Waals surface area contributed by atoms with E-state index in [0.29, 0.717) is 18.5 Å². The maximum Gasteiger partial charge on any atom is 0.251 e. The summed E-state index contributed by atoms with van der Waals surface area (Å²) in [5, 5.41) is 8.75. The maximum atomic E-state index is 13.4. The van der Waals surface area contributed by atoms with Crippen LogP contribution in [-0.2, 0) is 6.54 Å². The summed E-state index contributed by atoms with van der Waals surface area (Å²) in [6, 6.07) is 9.40. The van der Waals surface area contributed by atoms with Gasteiger partial charge >= 0.3 is 0 Å². The lowest BCUT2D eigenvalue weighted by atomic mass is 10.1. The molecule has 108 valence electrons. The zero-order valence-electron chi connectivity index (χ0n) is 11.8. The van der Waals surface area contributed by atoms with E-state index in [2.05, 4.69) is 11.8 Å². The van der Waals surface area contributed by atoms with E-state index in [1.54, 1.807) is 16.7 Å². The van der Waals surface area contributed by atoms with Gasteiger partial charge < -0.3 is 9.67 Å². The molecule has 1 heterocycles. The van der Waals surface area contributed by atoms with Gasteiger partial charge in [0.1, 0.15) is 5.82 Å². The fraction of sp³-hybridized carbons (Fsp3) is 0.235. The van der Waals surface area contributed by atoms with Gasteiger partial charge in [0.25, 0.3) is 5.56 Å². The normalized spacial score (nSPS) is 10.0. The van der Waals surface area contributed by atoms with E-state index < -0.39 is 0 Å². The number of aromatic nitrogens is 1. The lowest BCUT2D eigenvalue weighted by Gasteiger charge is -2.11. The number of aliphatic hydroxyl groups excluding tert-OH is 1.